The van der Waals surface area contributed by atoms with Gasteiger partial charge < -0.3 is 10.6 Å². The van der Waals surface area contributed by atoms with Crippen molar-refractivity contribution in [1.82, 2.24) is 15.5 Å². The molecular formula is C10H15F3N4O. The highest BCUT2D eigenvalue weighted by Crippen LogP contribution is 2.27. The molecule has 1 rings (SSSR count). The molecule has 18 heavy (non-hydrogen) atoms. The maximum Gasteiger partial charge on any atom is 0.405 e. The van der Waals surface area contributed by atoms with E-state index < -0.39 is 24.7 Å². The maximum absolute atomic E-state index is 12.5. The van der Waals surface area contributed by atoms with E-state index in [1.807, 2.05) is 0 Å². The molecule has 0 saturated carbocycles. The van der Waals surface area contributed by atoms with Gasteiger partial charge in [-0.3, -0.25) is 9.69 Å². The van der Waals surface area contributed by atoms with E-state index in [4.69, 9.17) is 5.26 Å². The zero-order chi connectivity index (χ0) is 13.8. The summed E-state index contributed by atoms with van der Waals surface area (Å²) >= 11 is 0. The first-order chi connectivity index (χ1) is 8.40. The number of amides is 1. The number of alkyl halides is 3. The van der Waals surface area contributed by atoms with Crippen molar-refractivity contribution in [3.63, 3.8) is 0 Å². The second-order valence-electron chi connectivity index (χ2n) is 4.05. The van der Waals surface area contributed by atoms with Crippen LogP contribution in [0.3, 0.4) is 0 Å². The first-order valence-electron chi connectivity index (χ1n) is 5.52. The van der Waals surface area contributed by atoms with E-state index in [2.05, 4.69) is 10.6 Å². The summed E-state index contributed by atoms with van der Waals surface area (Å²) in [5, 5.41) is 13.9. The summed E-state index contributed by atoms with van der Waals surface area (Å²) in [6.45, 7) is 0.630. The average Bonchev–Trinajstić information content (AvgIpc) is 2.34. The molecule has 1 aliphatic rings. The normalized spacial score (nSPS) is 23.2. The van der Waals surface area contributed by atoms with Crippen LogP contribution in [-0.4, -0.2) is 56.3 Å². The van der Waals surface area contributed by atoms with Gasteiger partial charge in [0.05, 0.1) is 6.07 Å². The molecule has 2 atom stereocenters. The fourth-order valence-corrected chi connectivity index (χ4v) is 1.84. The van der Waals surface area contributed by atoms with Crippen molar-refractivity contribution < 1.29 is 18.0 Å². The molecule has 0 aromatic rings. The van der Waals surface area contributed by atoms with Crippen LogP contribution >= 0.6 is 0 Å². The fraction of sp³-hybridized carbons (Fsp3) is 0.800. The number of halogens is 3. The van der Waals surface area contributed by atoms with Gasteiger partial charge in [0.1, 0.15) is 6.04 Å². The smallest absolute Gasteiger partial charge is 0.358 e. The molecule has 2 N–H and O–H groups in total. The van der Waals surface area contributed by atoms with Gasteiger partial charge >= 0.3 is 6.18 Å². The Bertz CT molecular complexity index is 339. The summed E-state index contributed by atoms with van der Waals surface area (Å²) < 4.78 is 37.6. The molecular weight excluding hydrogens is 249 g/mol. The van der Waals surface area contributed by atoms with Crippen LogP contribution < -0.4 is 10.6 Å². The number of carbonyl (C=O) groups excluding carboxylic acids is 1. The molecule has 0 bridgehead atoms. The van der Waals surface area contributed by atoms with Gasteiger partial charge in [0.25, 0.3) is 0 Å². The predicted molar refractivity (Wildman–Crippen MR) is 57.5 cm³/mol. The average molecular weight is 264 g/mol. The fourth-order valence-electron chi connectivity index (χ4n) is 1.84. The Labute approximate surface area is 103 Å². The van der Waals surface area contributed by atoms with Crippen molar-refractivity contribution in [2.45, 2.75) is 12.2 Å². The summed E-state index contributed by atoms with van der Waals surface area (Å²) in [6, 6.07) is 0.583. The number of nitrogens with zero attached hydrogens (tertiary/aromatic N) is 2. The van der Waals surface area contributed by atoms with Gasteiger partial charge in [0.15, 0.2) is 5.92 Å². The summed E-state index contributed by atoms with van der Waals surface area (Å²) in [4.78, 5) is 12.9. The van der Waals surface area contributed by atoms with Crippen LogP contribution in [0.4, 0.5) is 13.2 Å². The maximum atomic E-state index is 12.5. The first-order valence-corrected chi connectivity index (χ1v) is 5.52. The third-order valence-electron chi connectivity index (χ3n) is 2.87. The van der Waals surface area contributed by atoms with Crippen LogP contribution in [0.5, 0.6) is 0 Å². The number of piperazine rings is 1. The monoisotopic (exact) mass is 264 g/mol. The minimum atomic E-state index is -4.56. The first kappa shape index (κ1) is 14.7. The molecule has 1 saturated heterocycles. The molecule has 1 amide bonds. The zero-order valence-electron chi connectivity index (χ0n) is 9.92. The number of carbonyl (C=O) groups is 1. The third-order valence-corrected chi connectivity index (χ3v) is 2.87. The van der Waals surface area contributed by atoms with Crippen molar-refractivity contribution >= 4 is 5.91 Å². The van der Waals surface area contributed by atoms with Crippen molar-refractivity contribution in [3.05, 3.63) is 0 Å². The number of likely N-dealkylation sites (N-methyl/N-ethyl adjacent to an activating group) is 1. The summed E-state index contributed by atoms with van der Waals surface area (Å²) in [5.74, 6) is -2.41. The van der Waals surface area contributed by atoms with E-state index in [9.17, 15) is 18.0 Å². The third kappa shape index (κ3) is 3.58. The Morgan fingerprint density at radius 1 is 1.67 bits per heavy atom. The predicted octanol–water partition coefficient (Wildman–Crippen LogP) is -0.292. The van der Waals surface area contributed by atoms with Crippen LogP contribution in [0.1, 0.15) is 0 Å². The van der Waals surface area contributed by atoms with Crippen molar-refractivity contribution in [2.75, 3.05) is 33.2 Å². The van der Waals surface area contributed by atoms with Crippen LogP contribution in [-0.2, 0) is 4.79 Å². The van der Waals surface area contributed by atoms with E-state index in [1.54, 1.807) is 0 Å². The number of nitriles is 1. The quantitative estimate of drug-likeness (QED) is 0.735. The van der Waals surface area contributed by atoms with Crippen LogP contribution in [0, 0.1) is 17.2 Å². The number of rotatable bonds is 3. The number of nitrogens with one attached hydrogen (secondary N) is 2. The van der Waals surface area contributed by atoms with Gasteiger partial charge in [0.2, 0.25) is 5.91 Å². The molecule has 0 aliphatic carbocycles. The highest BCUT2D eigenvalue weighted by molar-refractivity contribution is 5.81. The lowest BCUT2D eigenvalue weighted by molar-refractivity contribution is -0.166. The zero-order valence-corrected chi connectivity index (χ0v) is 9.92. The van der Waals surface area contributed by atoms with Crippen LogP contribution in [0.2, 0.25) is 0 Å². The van der Waals surface area contributed by atoms with E-state index >= 15 is 0 Å². The molecule has 5 nitrogen and oxygen atoms in total. The van der Waals surface area contributed by atoms with E-state index in [0.717, 1.165) is 0 Å². The number of hydrogen-bond donors (Lipinski definition) is 2. The Morgan fingerprint density at radius 2 is 2.33 bits per heavy atom. The van der Waals surface area contributed by atoms with E-state index in [1.165, 1.54) is 18.0 Å². The van der Waals surface area contributed by atoms with Crippen molar-refractivity contribution in [1.29, 1.82) is 5.26 Å². The van der Waals surface area contributed by atoms with E-state index in [-0.39, 0.29) is 12.5 Å². The molecule has 0 radical (unpaired) electrons. The Hall–Kier alpha value is -1.33. The van der Waals surface area contributed by atoms with Crippen molar-refractivity contribution in [2.24, 2.45) is 5.92 Å². The Balaban J connectivity index is 2.73. The molecule has 1 heterocycles. The number of hydrogen-bond acceptors (Lipinski definition) is 4. The molecule has 0 aromatic carbocycles. The Kier molecular flexibility index (Phi) is 4.93. The second-order valence-corrected chi connectivity index (χ2v) is 4.05. The largest absolute Gasteiger partial charge is 0.405 e. The summed E-state index contributed by atoms with van der Waals surface area (Å²) in [6.07, 6.45) is -4.56. The Morgan fingerprint density at radius 3 is 2.83 bits per heavy atom. The lowest BCUT2D eigenvalue weighted by Crippen LogP contribution is -2.58. The standard InChI is InChI=1S/C10H15F3N4O/c1-15-9(18)8-5-16-2-3-17(8)6-7(4-14)10(11,12)13/h7-8,16H,2-3,5-6H2,1H3,(H,15,18). The van der Waals surface area contributed by atoms with Gasteiger partial charge in [-0.2, -0.15) is 18.4 Å². The minimum absolute atomic E-state index is 0.287. The topological polar surface area (TPSA) is 68.2 Å². The van der Waals surface area contributed by atoms with Crippen LogP contribution in [0.25, 0.3) is 0 Å². The van der Waals surface area contributed by atoms with Gasteiger partial charge in [-0.1, -0.05) is 0 Å². The lowest BCUT2D eigenvalue weighted by Gasteiger charge is -2.36. The molecule has 0 spiro atoms. The molecule has 1 fully saturated rings. The summed E-state index contributed by atoms with van der Waals surface area (Å²) in [5.41, 5.74) is 0. The molecule has 1 aliphatic heterocycles. The van der Waals surface area contributed by atoms with Gasteiger partial charge in [0, 0.05) is 33.2 Å². The highest BCUT2D eigenvalue weighted by atomic mass is 19.4. The van der Waals surface area contributed by atoms with Crippen LogP contribution in [0.15, 0.2) is 0 Å². The minimum Gasteiger partial charge on any atom is -0.358 e. The molecule has 2 unspecified atom stereocenters. The van der Waals surface area contributed by atoms with Gasteiger partial charge in [-0.05, 0) is 0 Å². The van der Waals surface area contributed by atoms with E-state index in [0.29, 0.717) is 13.1 Å². The second kappa shape index (κ2) is 6.02. The SMILES string of the molecule is CNC(=O)C1CNCCN1CC(C#N)C(F)(F)F. The summed E-state index contributed by atoms with van der Waals surface area (Å²) in [7, 11) is 1.43. The van der Waals surface area contributed by atoms with Crippen molar-refractivity contribution in [3.8, 4) is 6.07 Å². The lowest BCUT2D eigenvalue weighted by atomic mass is 10.1. The molecule has 0 aromatic heterocycles. The van der Waals surface area contributed by atoms with Gasteiger partial charge in [-0.15, -0.1) is 0 Å². The highest BCUT2D eigenvalue weighted by Gasteiger charge is 2.42. The molecule has 102 valence electrons. The van der Waals surface area contributed by atoms with Gasteiger partial charge in [-0.25, -0.2) is 0 Å². The molecule has 8 heteroatoms.